The molecule has 1 aromatic heterocycles. The molecule has 200 valence electrons. The van der Waals surface area contributed by atoms with Crippen molar-refractivity contribution in [3.63, 3.8) is 0 Å². The molecular formula is C26H31F3N4O4. The first-order valence-corrected chi connectivity index (χ1v) is 12.8. The van der Waals surface area contributed by atoms with Crippen LogP contribution in [0.2, 0.25) is 0 Å². The van der Waals surface area contributed by atoms with Crippen LogP contribution < -0.4 is 0 Å². The molecule has 1 aliphatic carbocycles. The number of carbonyl (C=O) groups excluding carboxylic acids is 2. The molecule has 3 fully saturated rings. The van der Waals surface area contributed by atoms with Crippen LogP contribution in [0, 0.1) is 0 Å². The summed E-state index contributed by atoms with van der Waals surface area (Å²) in [5.74, 6) is -0.292. The van der Waals surface area contributed by atoms with E-state index in [0.29, 0.717) is 44.5 Å². The Balaban J connectivity index is 1.29. The number of nitrogens with zero attached hydrogens (tertiary/aromatic N) is 4. The molecule has 3 heterocycles. The average Bonchev–Trinajstić information content (AvgIpc) is 3.44. The monoisotopic (exact) mass is 520 g/mol. The number of aliphatic hydroxyl groups is 1. The van der Waals surface area contributed by atoms with Crippen molar-refractivity contribution in [2.45, 2.75) is 56.2 Å². The minimum absolute atomic E-state index is 0.0334. The lowest BCUT2D eigenvalue weighted by atomic mass is 9.93. The maximum atomic E-state index is 13.6. The highest BCUT2D eigenvalue weighted by atomic mass is 19.4. The highest BCUT2D eigenvalue weighted by molar-refractivity contribution is 5.95. The number of amides is 2. The van der Waals surface area contributed by atoms with Crippen molar-refractivity contribution >= 4 is 12.0 Å². The van der Waals surface area contributed by atoms with Crippen molar-refractivity contribution in [2.24, 2.45) is 0 Å². The molecule has 2 saturated heterocycles. The largest absolute Gasteiger partial charge is 0.447 e. The van der Waals surface area contributed by atoms with Gasteiger partial charge >= 0.3 is 12.3 Å². The lowest BCUT2D eigenvalue weighted by molar-refractivity contribution is -0.138. The van der Waals surface area contributed by atoms with Crippen LogP contribution in [-0.4, -0.2) is 76.1 Å². The highest BCUT2D eigenvalue weighted by Gasteiger charge is 2.40. The Labute approximate surface area is 213 Å². The molecule has 37 heavy (non-hydrogen) atoms. The van der Waals surface area contributed by atoms with E-state index < -0.39 is 17.8 Å². The average molecular weight is 521 g/mol. The van der Waals surface area contributed by atoms with Gasteiger partial charge in [0, 0.05) is 38.0 Å². The Hall–Kier alpha value is -3.08. The number of aromatic nitrogens is 2. The molecule has 0 bridgehead atoms. The molecule has 0 spiro atoms. The molecule has 2 aliphatic heterocycles. The van der Waals surface area contributed by atoms with E-state index >= 15 is 0 Å². The number of rotatable bonds is 6. The molecule has 2 amide bonds. The van der Waals surface area contributed by atoms with Crippen LogP contribution >= 0.6 is 0 Å². The third-order valence-corrected chi connectivity index (χ3v) is 7.60. The summed E-state index contributed by atoms with van der Waals surface area (Å²) in [6.45, 7) is 1.38. The van der Waals surface area contributed by atoms with Gasteiger partial charge < -0.3 is 19.6 Å². The first-order chi connectivity index (χ1) is 17.8. The number of alkyl halides is 3. The first kappa shape index (κ1) is 25.6. The van der Waals surface area contributed by atoms with E-state index in [1.807, 2.05) is 4.68 Å². The summed E-state index contributed by atoms with van der Waals surface area (Å²) in [6.07, 6.45) is 0.499. The standard InChI is InChI=1S/C26H31F3N4O4/c27-26(28,29)22-4-2-1-3-20(22)18-7-10-32(16-18)24(35)21-15-30-33(23(21)17-5-6-17)19-8-11-31(12-9-19)25(36)37-14-13-34/h1-4,15,17-19,34H,5-14,16H2/t18-/m1/s1. The summed E-state index contributed by atoms with van der Waals surface area (Å²) in [6, 6.07) is 5.67. The van der Waals surface area contributed by atoms with E-state index in [2.05, 4.69) is 5.10 Å². The van der Waals surface area contributed by atoms with Gasteiger partial charge in [0.25, 0.3) is 5.91 Å². The number of ether oxygens (including phenoxy) is 1. The SMILES string of the molecule is O=C(OCCO)N1CCC(n2ncc(C(=O)N3CC[C@@H](c4ccccc4C(F)(F)F)C3)c2C2CC2)CC1. The van der Waals surface area contributed by atoms with Gasteiger partial charge in [-0.2, -0.15) is 18.3 Å². The van der Waals surface area contributed by atoms with E-state index in [1.165, 1.54) is 12.1 Å². The summed E-state index contributed by atoms with van der Waals surface area (Å²) >= 11 is 0. The minimum Gasteiger partial charge on any atom is -0.447 e. The highest BCUT2D eigenvalue weighted by Crippen LogP contribution is 2.44. The van der Waals surface area contributed by atoms with Crippen molar-refractivity contribution in [3.8, 4) is 0 Å². The molecule has 5 rings (SSSR count). The van der Waals surface area contributed by atoms with Gasteiger partial charge in [0.15, 0.2) is 0 Å². The van der Waals surface area contributed by atoms with Crippen LogP contribution in [0.4, 0.5) is 18.0 Å². The maximum absolute atomic E-state index is 13.6. The zero-order valence-electron chi connectivity index (χ0n) is 20.5. The fourth-order valence-electron chi connectivity index (χ4n) is 5.59. The number of likely N-dealkylation sites (tertiary alicyclic amines) is 2. The molecule has 1 N–H and O–H groups in total. The number of benzene rings is 1. The Morgan fingerprint density at radius 3 is 2.38 bits per heavy atom. The van der Waals surface area contributed by atoms with E-state index in [1.54, 1.807) is 22.1 Å². The van der Waals surface area contributed by atoms with E-state index in [-0.39, 0.29) is 49.1 Å². The second-order valence-electron chi connectivity index (χ2n) is 10.0. The summed E-state index contributed by atoms with van der Waals surface area (Å²) in [4.78, 5) is 28.9. The smallest absolute Gasteiger partial charge is 0.416 e. The lowest BCUT2D eigenvalue weighted by Gasteiger charge is -2.32. The third kappa shape index (κ3) is 5.32. The molecule has 3 aliphatic rings. The molecular weight excluding hydrogens is 489 g/mol. The van der Waals surface area contributed by atoms with Gasteiger partial charge in [-0.1, -0.05) is 18.2 Å². The molecule has 8 nitrogen and oxygen atoms in total. The Morgan fingerprint density at radius 2 is 1.70 bits per heavy atom. The molecule has 11 heteroatoms. The Morgan fingerprint density at radius 1 is 1.00 bits per heavy atom. The zero-order valence-corrected chi connectivity index (χ0v) is 20.5. The van der Waals surface area contributed by atoms with E-state index in [9.17, 15) is 22.8 Å². The van der Waals surface area contributed by atoms with Crippen LogP contribution in [0.15, 0.2) is 30.5 Å². The fraction of sp³-hybridized carbons (Fsp3) is 0.577. The summed E-state index contributed by atoms with van der Waals surface area (Å²) in [5, 5.41) is 13.4. The Bertz CT molecular complexity index is 1140. The maximum Gasteiger partial charge on any atom is 0.416 e. The molecule has 1 aromatic carbocycles. The molecule has 2 aromatic rings. The van der Waals surface area contributed by atoms with Gasteiger partial charge in [-0.25, -0.2) is 4.79 Å². The summed E-state index contributed by atoms with van der Waals surface area (Å²) < 4.78 is 47.6. The zero-order chi connectivity index (χ0) is 26.2. The second-order valence-corrected chi connectivity index (χ2v) is 10.0. The summed E-state index contributed by atoms with van der Waals surface area (Å²) in [7, 11) is 0. The van der Waals surface area contributed by atoms with Crippen molar-refractivity contribution in [3.05, 3.63) is 52.8 Å². The van der Waals surface area contributed by atoms with Gasteiger partial charge in [0.05, 0.1) is 35.7 Å². The molecule has 0 unspecified atom stereocenters. The van der Waals surface area contributed by atoms with Crippen LogP contribution in [0.5, 0.6) is 0 Å². The topological polar surface area (TPSA) is 87.9 Å². The number of carbonyl (C=O) groups is 2. The van der Waals surface area contributed by atoms with Gasteiger partial charge in [-0.3, -0.25) is 9.48 Å². The van der Waals surface area contributed by atoms with Crippen molar-refractivity contribution in [1.29, 1.82) is 0 Å². The fourth-order valence-corrected chi connectivity index (χ4v) is 5.59. The molecule has 1 saturated carbocycles. The molecule has 1 atom stereocenters. The van der Waals surface area contributed by atoms with E-state index in [4.69, 9.17) is 9.84 Å². The van der Waals surface area contributed by atoms with Gasteiger partial charge in [0.2, 0.25) is 0 Å². The number of hydrogen-bond acceptors (Lipinski definition) is 5. The number of piperidine rings is 1. The van der Waals surface area contributed by atoms with Crippen LogP contribution in [0.1, 0.15) is 77.2 Å². The van der Waals surface area contributed by atoms with E-state index in [0.717, 1.165) is 24.6 Å². The van der Waals surface area contributed by atoms with Crippen LogP contribution in [0.25, 0.3) is 0 Å². The van der Waals surface area contributed by atoms with Crippen LogP contribution in [-0.2, 0) is 10.9 Å². The predicted molar refractivity (Wildman–Crippen MR) is 127 cm³/mol. The number of hydrogen-bond donors (Lipinski definition) is 1. The van der Waals surface area contributed by atoms with Crippen molar-refractivity contribution < 1.29 is 32.6 Å². The van der Waals surface area contributed by atoms with Gasteiger partial charge in [0.1, 0.15) is 6.61 Å². The van der Waals surface area contributed by atoms with Crippen LogP contribution in [0.3, 0.4) is 0 Å². The third-order valence-electron chi connectivity index (χ3n) is 7.60. The predicted octanol–water partition coefficient (Wildman–Crippen LogP) is 4.17. The second kappa shape index (κ2) is 10.4. The quantitative estimate of drug-likeness (QED) is 0.618. The molecule has 0 radical (unpaired) electrons. The normalized spacial score (nSPS) is 20.9. The summed E-state index contributed by atoms with van der Waals surface area (Å²) in [5.41, 5.74) is 1.06. The minimum atomic E-state index is -4.43. The first-order valence-electron chi connectivity index (χ1n) is 12.8. The number of aliphatic hydroxyl groups excluding tert-OH is 1. The van der Waals surface area contributed by atoms with Gasteiger partial charge in [-0.15, -0.1) is 0 Å². The van der Waals surface area contributed by atoms with Crippen molar-refractivity contribution in [2.75, 3.05) is 39.4 Å². The van der Waals surface area contributed by atoms with Gasteiger partial charge in [-0.05, 0) is 43.7 Å². The number of halogens is 3. The lowest BCUT2D eigenvalue weighted by Crippen LogP contribution is -2.40. The Kier molecular flexibility index (Phi) is 7.15. The van der Waals surface area contributed by atoms with Crippen molar-refractivity contribution in [1.82, 2.24) is 19.6 Å².